The minimum Gasteiger partial charge on any atom is -0.358 e. The molecule has 0 saturated heterocycles. The zero-order valence-electron chi connectivity index (χ0n) is 13.5. The van der Waals surface area contributed by atoms with E-state index in [4.69, 9.17) is 0 Å². The third kappa shape index (κ3) is 2.96. The monoisotopic (exact) mass is 301 g/mol. The van der Waals surface area contributed by atoms with Crippen molar-refractivity contribution in [3.05, 3.63) is 71.4 Å². The van der Waals surface area contributed by atoms with Crippen molar-refractivity contribution in [3.63, 3.8) is 0 Å². The van der Waals surface area contributed by atoms with E-state index in [-0.39, 0.29) is 0 Å². The molecule has 1 heterocycles. The molecule has 1 aliphatic rings. The van der Waals surface area contributed by atoms with Crippen molar-refractivity contribution in [1.29, 1.82) is 0 Å². The number of aromatic nitrogens is 1. The first kappa shape index (κ1) is 14.3. The maximum absolute atomic E-state index is 3.72. The third-order valence-electron chi connectivity index (χ3n) is 5.03. The van der Waals surface area contributed by atoms with Crippen LogP contribution in [-0.4, -0.2) is 4.98 Å². The SMILES string of the molecule is C(=C\c1c(C2CCCCC2)[nH]c2ccccc12)/c1ccccc1. The zero-order chi connectivity index (χ0) is 15.5. The van der Waals surface area contributed by atoms with E-state index in [0.717, 1.165) is 0 Å². The molecule has 1 fully saturated rings. The van der Waals surface area contributed by atoms with Crippen LogP contribution in [0.5, 0.6) is 0 Å². The zero-order valence-corrected chi connectivity index (χ0v) is 13.5. The summed E-state index contributed by atoms with van der Waals surface area (Å²) in [6.45, 7) is 0. The summed E-state index contributed by atoms with van der Waals surface area (Å²) >= 11 is 0. The number of rotatable bonds is 3. The van der Waals surface area contributed by atoms with Gasteiger partial charge >= 0.3 is 0 Å². The number of H-pyrrole nitrogens is 1. The van der Waals surface area contributed by atoms with Gasteiger partial charge in [-0.2, -0.15) is 0 Å². The van der Waals surface area contributed by atoms with Gasteiger partial charge in [0.15, 0.2) is 0 Å². The van der Waals surface area contributed by atoms with E-state index in [2.05, 4.69) is 71.7 Å². The summed E-state index contributed by atoms with van der Waals surface area (Å²) in [6.07, 6.45) is 11.3. The maximum Gasteiger partial charge on any atom is 0.0462 e. The van der Waals surface area contributed by atoms with E-state index in [0.29, 0.717) is 5.92 Å². The highest BCUT2D eigenvalue weighted by atomic mass is 14.7. The van der Waals surface area contributed by atoms with Crippen LogP contribution >= 0.6 is 0 Å². The van der Waals surface area contributed by atoms with E-state index in [9.17, 15) is 0 Å². The Morgan fingerprint density at radius 2 is 1.52 bits per heavy atom. The fourth-order valence-corrected chi connectivity index (χ4v) is 3.82. The van der Waals surface area contributed by atoms with Gasteiger partial charge in [-0.1, -0.05) is 79.9 Å². The van der Waals surface area contributed by atoms with Crippen LogP contribution in [0.15, 0.2) is 54.6 Å². The highest BCUT2D eigenvalue weighted by molar-refractivity contribution is 5.93. The van der Waals surface area contributed by atoms with Gasteiger partial charge in [0.05, 0.1) is 0 Å². The first-order chi connectivity index (χ1) is 11.4. The molecule has 2 aromatic carbocycles. The van der Waals surface area contributed by atoms with Crippen molar-refractivity contribution in [2.75, 3.05) is 0 Å². The number of fused-ring (bicyclic) bond motifs is 1. The molecule has 116 valence electrons. The van der Waals surface area contributed by atoms with Crippen LogP contribution in [-0.2, 0) is 0 Å². The largest absolute Gasteiger partial charge is 0.358 e. The lowest BCUT2D eigenvalue weighted by atomic mass is 9.85. The fourth-order valence-electron chi connectivity index (χ4n) is 3.82. The minimum absolute atomic E-state index is 0.687. The number of nitrogens with one attached hydrogen (secondary N) is 1. The topological polar surface area (TPSA) is 15.8 Å². The molecular weight excluding hydrogens is 278 g/mol. The predicted molar refractivity (Wildman–Crippen MR) is 99.5 cm³/mol. The summed E-state index contributed by atoms with van der Waals surface area (Å²) in [7, 11) is 0. The summed E-state index contributed by atoms with van der Waals surface area (Å²) in [5.74, 6) is 0.687. The van der Waals surface area contributed by atoms with Gasteiger partial charge in [-0.15, -0.1) is 0 Å². The lowest BCUT2D eigenvalue weighted by Crippen LogP contribution is -2.06. The molecule has 0 aliphatic heterocycles. The molecule has 0 atom stereocenters. The van der Waals surface area contributed by atoms with Crippen LogP contribution in [0.4, 0.5) is 0 Å². The molecule has 0 spiro atoms. The van der Waals surface area contributed by atoms with Crippen LogP contribution in [0.1, 0.15) is 54.8 Å². The molecule has 0 unspecified atom stereocenters. The Bertz CT molecular complexity index is 804. The standard InChI is InChI=1S/C22H23N/c1-3-9-17(10-4-1)15-16-20-19-13-7-8-14-21(19)23-22(20)18-11-5-2-6-12-18/h1,3-4,7-10,13-16,18,23H,2,5-6,11-12H2/b16-15+. The van der Waals surface area contributed by atoms with Crippen LogP contribution in [0.25, 0.3) is 23.1 Å². The average molecular weight is 301 g/mol. The maximum atomic E-state index is 3.72. The number of benzene rings is 2. The number of hydrogen-bond acceptors (Lipinski definition) is 0. The van der Waals surface area contributed by atoms with Crippen molar-refractivity contribution >= 4 is 23.1 Å². The van der Waals surface area contributed by atoms with Crippen LogP contribution < -0.4 is 0 Å². The summed E-state index contributed by atoms with van der Waals surface area (Å²) in [6, 6.07) is 19.3. The molecule has 1 aromatic heterocycles. The lowest BCUT2D eigenvalue weighted by Gasteiger charge is -2.21. The Balaban J connectivity index is 1.77. The summed E-state index contributed by atoms with van der Waals surface area (Å²) in [4.78, 5) is 3.72. The normalized spacial score (nSPS) is 16.3. The van der Waals surface area contributed by atoms with Crippen LogP contribution in [0.3, 0.4) is 0 Å². The molecule has 1 nitrogen and oxygen atoms in total. The lowest BCUT2D eigenvalue weighted by molar-refractivity contribution is 0.438. The van der Waals surface area contributed by atoms with Crippen molar-refractivity contribution in [2.45, 2.75) is 38.0 Å². The van der Waals surface area contributed by atoms with Gasteiger partial charge in [-0.05, 0) is 30.4 Å². The Labute approximate surface area is 138 Å². The molecule has 4 rings (SSSR count). The first-order valence-corrected chi connectivity index (χ1v) is 8.75. The van der Waals surface area contributed by atoms with E-state index < -0.39 is 0 Å². The molecule has 23 heavy (non-hydrogen) atoms. The summed E-state index contributed by atoms with van der Waals surface area (Å²) in [5, 5.41) is 1.35. The number of hydrogen-bond donors (Lipinski definition) is 1. The highest BCUT2D eigenvalue weighted by Gasteiger charge is 2.20. The van der Waals surface area contributed by atoms with Gasteiger partial charge < -0.3 is 4.98 Å². The van der Waals surface area contributed by atoms with E-state index in [1.807, 2.05) is 0 Å². The smallest absolute Gasteiger partial charge is 0.0462 e. The number of para-hydroxylation sites is 1. The van der Waals surface area contributed by atoms with Gasteiger partial charge in [-0.3, -0.25) is 0 Å². The van der Waals surface area contributed by atoms with Crippen molar-refractivity contribution in [1.82, 2.24) is 4.98 Å². The highest BCUT2D eigenvalue weighted by Crippen LogP contribution is 2.37. The summed E-state index contributed by atoms with van der Waals surface area (Å²) < 4.78 is 0. The molecule has 0 bridgehead atoms. The molecule has 1 N–H and O–H groups in total. The van der Waals surface area contributed by atoms with Crippen LogP contribution in [0.2, 0.25) is 0 Å². The van der Waals surface area contributed by atoms with E-state index in [1.165, 1.54) is 59.8 Å². The Kier molecular flexibility index (Phi) is 4.02. The number of aromatic amines is 1. The summed E-state index contributed by atoms with van der Waals surface area (Å²) in [5.41, 5.74) is 5.35. The van der Waals surface area contributed by atoms with E-state index in [1.54, 1.807) is 0 Å². The second-order valence-electron chi connectivity index (χ2n) is 6.58. The Hall–Kier alpha value is -2.28. The predicted octanol–water partition coefficient (Wildman–Crippen LogP) is 6.39. The van der Waals surface area contributed by atoms with Crippen molar-refractivity contribution < 1.29 is 0 Å². The fraction of sp³-hybridized carbons (Fsp3) is 0.273. The molecule has 1 aliphatic carbocycles. The first-order valence-electron chi connectivity index (χ1n) is 8.75. The quantitative estimate of drug-likeness (QED) is 0.577. The second-order valence-corrected chi connectivity index (χ2v) is 6.58. The Morgan fingerprint density at radius 1 is 0.783 bits per heavy atom. The molecule has 0 radical (unpaired) electrons. The van der Waals surface area contributed by atoms with Gasteiger partial charge in [0.1, 0.15) is 0 Å². The molecular formula is C22H23N. The molecule has 0 amide bonds. The second kappa shape index (κ2) is 6.45. The van der Waals surface area contributed by atoms with Gasteiger partial charge in [0, 0.05) is 22.2 Å². The molecule has 3 aromatic rings. The average Bonchev–Trinajstić information content (AvgIpc) is 3.00. The molecule has 1 heteroatoms. The van der Waals surface area contributed by atoms with Gasteiger partial charge in [0.25, 0.3) is 0 Å². The third-order valence-corrected chi connectivity index (χ3v) is 5.03. The van der Waals surface area contributed by atoms with Crippen molar-refractivity contribution in [2.24, 2.45) is 0 Å². The Morgan fingerprint density at radius 3 is 2.35 bits per heavy atom. The van der Waals surface area contributed by atoms with E-state index >= 15 is 0 Å². The molecule has 1 saturated carbocycles. The van der Waals surface area contributed by atoms with Gasteiger partial charge in [-0.25, -0.2) is 0 Å². The van der Waals surface area contributed by atoms with Crippen molar-refractivity contribution in [3.8, 4) is 0 Å². The van der Waals surface area contributed by atoms with Gasteiger partial charge in [0.2, 0.25) is 0 Å². The minimum atomic E-state index is 0.687. The van der Waals surface area contributed by atoms with Crippen LogP contribution in [0, 0.1) is 0 Å².